The van der Waals surface area contributed by atoms with E-state index in [4.69, 9.17) is 24.4 Å². The van der Waals surface area contributed by atoms with Crippen LogP contribution in [0.3, 0.4) is 0 Å². The predicted octanol–water partition coefficient (Wildman–Crippen LogP) is 10.1. The molecule has 6 aromatic carbocycles. The van der Waals surface area contributed by atoms with Crippen LogP contribution in [-0.4, -0.2) is 19.9 Å². The second kappa shape index (κ2) is 10.2. The lowest BCUT2D eigenvalue weighted by atomic mass is 9.95. The maximum absolute atomic E-state index is 6.25. The summed E-state index contributed by atoms with van der Waals surface area (Å²) in [6, 6.07) is 49.5. The number of hydrogen-bond acceptors (Lipinski definition) is 5. The summed E-state index contributed by atoms with van der Waals surface area (Å²) >= 11 is 0. The van der Waals surface area contributed by atoms with Crippen molar-refractivity contribution in [3.63, 3.8) is 0 Å². The summed E-state index contributed by atoms with van der Waals surface area (Å²) in [4.78, 5) is 19.6. The van der Waals surface area contributed by atoms with E-state index in [1.165, 1.54) is 0 Å². The molecule has 0 amide bonds. The van der Waals surface area contributed by atoms with Crippen LogP contribution >= 0.6 is 0 Å². The Morgan fingerprint density at radius 3 is 1.82 bits per heavy atom. The van der Waals surface area contributed by atoms with Crippen molar-refractivity contribution in [3.05, 3.63) is 146 Å². The zero-order valence-electron chi connectivity index (χ0n) is 24.1. The number of para-hydroxylation sites is 1. The summed E-state index contributed by atoms with van der Waals surface area (Å²) in [5.41, 5.74) is 7.46. The van der Waals surface area contributed by atoms with Gasteiger partial charge in [-0.15, -0.1) is 0 Å². The number of furan rings is 1. The molecule has 0 N–H and O–H groups in total. The number of pyridine rings is 1. The SMILES string of the molecule is c1ccc(-c2nc(-c3ccccc3)nc(-c3cccc4cc(-c5cccc6oc7nc8ccccc8cc7c56)ccc34)n2)cc1. The second-order valence-corrected chi connectivity index (χ2v) is 11.1. The minimum absolute atomic E-state index is 0.641. The van der Waals surface area contributed by atoms with Gasteiger partial charge in [-0.1, -0.05) is 121 Å². The Hall–Kier alpha value is -6.20. The predicted molar refractivity (Wildman–Crippen MR) is 182 cm³/mol. The first-order valence-electron chi connectivity index (χ1n) is 14.9. The van der Waals surface area contributed by atoms with E-state index in [2.05, 4.69) is 54.6 Å². The molecule has 3 heterocycles. The number of hydrogen-bond donors (Lipinski definition) is 0. The number of fused-ring (bicyclic) bond motifs is 5. The molecule has 5 heteroatoms. The molecule has 210 valence electrons. The van der Waals surface area contributed by atoms with E-state index in [-0.39, 0.29) is 0 Å². The molecule has 45 heavy (non-hydrogen) atoms. The lowest BCUT2D eigenvalue weighted by Gasteiger charge is -2.11. The van der Waals surface area contributed by atoms with Gasteiger partial charge in [-0.05, 0) is 46.2 Å². The van der Waals surface area contributed by atoms with Crippen molar-refractivity contribution in [3.8, 4) is 45.3 Å². The Labute approximate surface area is 258 Å². The summed E-state index contributed by atoms with van der Waals surface area (Å²) in [5.74, 6) is 1.93. The number of rotatable bonds is 4. The molecule has 0 unspecified atom stereocenters. The van der Waals surface area contributed by atoms with Crippen LogP contribution < -0.4 is 0 Å². The highest BCUT2D eigenvalue weighted by atomic mass is 16.3. The van der Waals surface area contributed by atoms with Gasteiger partial charge in [0.05, 0.1) is 5.52 Å². The normalized spacial score (nSPS) is 11.6. The highest BCUT2D eigenvalue weighted by molar-refractivity contribution is 6.14. The van der Waals surface area contributed by atoms with Gasteiger partial charge in [-0.25, -0.2) is 19.9 Å². The molecular formula is C40H24N4O. The Morgan fingerprint density at radius 1 is 0.400 bits per heavy atom. The average molecular weight is 577 g/mol. The van der Waals surface area contributed by atoms with Crippen molar-refractivity contribution in [1.82, 2.24) is 19.9 Å². The molecule has 0 aliphatic carbocycles. The molecular weight excluding hydrogens is 552 g/mol. The van der Waals surface area contributed by atoms with E-state index in [0.29, 0.717) is 23.2 Å². The monoisotopic (exact) mass is 576 g/mol. The fourth-order valence-electron chi connectivity index (χ4n) is 6.17. The van der Waals surface area contributed by atoms with Crippen LogP contribution in [-0.2, 0) is 0 Å². The van der Waals surface area contributed by atoms with Crippen LogP contribution in [0.4, 0.5) is 0 Å². The summed E-state index contributed by atoms with van der Waals surface area (Å²) < 4.78 is 6.25. The largest absolute Gasteiger partial charge is 0.438 e. The summed E-state index contributed by atoms with van der Waals surface area (Å²) in [5, 5.41) is 5.34. The Balaban J connectivity index is 1.22. The van der Waals surface area contributed by atoms with Crippen molar-refractivity contribution < 1.29 is 4.42 Å². The molecule has 0 atom stereocenters. The quantitative estimate of drug-likeness (QED) is 0.209. The average Bonchev–Trinajstić information content (AvgIpc) is 3.48. The standard InChI is InChI=1S/C40H24N4O/c1-3-11-25(12-4-1)37-42-38(26-13-5-2-6-14-26)44-39(43-37)32-18-9-16-27-23-28(21-22-30(27)32)31-17-10-20-35-36(31)33-24-29-15-7-8-19-34(29)41-40(33)45-35/h1-24H. The summed E-state index contributed by atoms with van der Waals surface area (Å²) in [6.45, 7) is 0. The van der Waals surface area contributed by atoms with E-state index in [9.17, 15) is 0 Å². The lowest BCUT2D eigenvalue weighted by molar-refractivity contribution is 0.656. The molecule has 0 radical (unpaired) electrons. The van der Waals surface area contributed by atoms with Gasteiger partial charge in [-0.3, -0.25) is 0 Å². The zero-order chi connectivity index (χ0) is 29.7. The minimum Gasteiger partial charge on any atom is -0.438 e. The van der Waals surface area contributed by atoms with Crippen LogP contribution in [0.2, 0.25) is 0 Å². The second-order valence-electron chi connectivity index (χ2n) is 11.1. The Morgan fingerprint density at radius 2 is 1.04 bits per heavy atom. The van der Waals surface area contributed by atoms with Crippen LogP contribution in [0.15, 0.2) is 150 Å². The minimum atomic E-state index is 0.641. The molecule has 0 bridgehead atoms. The summed E-state index contributed by atoms with van der Waals surface area (Å²) in [6.07, 6.45) is 0. The number of benzene rings is 6. The van der Waals surface area contributed by atoms with Gasteiger partial charge >= 0.3 is 0 Å². The molecule has 0 spiro atoms. The van der Waals surface area contributed by atoms with Gasteiger partial charge in [0.25, 0.3) is 0 Å². The highest BCUT2D eigenvalue weighted by Gasteiger charge is 2.17. The van der Waals surface area contributed by atoms with Gasteiger partial charge in [-0.2, -0.15) is 0 Å². The van der Waals surface area contributed by atoms with Crippen molar-refractivity contribution in [2.45, 2.75) is 0 Å². The lowest BCUT2D eigenvalue weighted by Crippen LogP contribution is -2.00. The van der Waals surface area contributed by atoms with Crippen LogP contribution in [0, 0.1) is 0 Å². The highest BCUT2D eigenvalue weighted by Crippen LogP contribution is 2.39. The smallest absolute Gasteiger partial charge is 0.227 e. The van der Waals surface area contributed by atoms with Crippen molar-refractivity contribution >= 4 is 43.7 Å². The van der Waals surface area contributed by atoms with E-state index in [1.807, 2.05) is 91.0 Å². The van der Waals surface area contributed by atoms with E-state index < -0.39 is 0 Å². The van der Waals surface area contributed by atoms with Crippen LogP contribution in [0.1, 0.15) is 0 Å². The summed E-state index contributed by atoms with van der Waals surface area (Å²) in [7, 11) is 0. The van der Waals surface area contributed by atoms with Gasteiger partial charge in [0, 0.05) is 32.8 Å². The van der Waals surface area contributed by atoms with Crippen LogP contribution in [0.25, 0.3) is 89.0 Å². The van der Waals surface area contributed by atoms with Crippen LogP contribution in [0.5, 0.6) is 0 Å². The topological polar surface area (TPSA) is 64.7 Å². The molecule has 9 rings (SSSR count). The fourth-order valence-corrected chi connectivity index (χ4v) is 6.17. The fraction of sp³-hybridized carbons (Fsp3) is 0. The van der Waals surface area contributed by atoms with Gasteiger partial charge in [0.2, 0.25) is 5.71 Å². The third-order valence-corrected chi connectivity index (χ3v) is 8.32. The molecule has 9 aromatic rings. The number of aromatic nitrogens is 4. The molecule has 0 aliphatic heterocycles. The third kappa shape index (κ3) is 4.33. The molecule has 3 aromatic heterocycles. The van der Waals surface area contributed by atoms with Crippen molar-refractivity contribution in [2.75, 3.05) is 0 Å². The molecule has 0 fully saturated rings. The molecule has 0 saturated heterocycles. The first kappa shape index (κ1) is 25.3. The van der Waals surface area contributed by atoms with Gasteiger partial charge in [0.15, 0.2) is 17.5 Å². The molecule has 5 nitrogen and oxygen atoms in total. The maximum Gasteiger partial charge on any atom is 0.227 e. The first-order valence-corrected chi connectivity index (χ1v) is 14.9. The molecule has 0 aliphatic rings. The van der Waals surface area contributed by atoms with E-state index >= 15 is 0 Å². The van der Waals surface area contributed by atoms with Crippen molar-refractivity contribution in [2.24, 2.45) is 0 Å². The molecule has 0 saturated carbocycles. The first-order chi connectivity index (χ1) is 22.3. The maximum atomic E-state index is 6.25. The van der Waals surface area contributed by atoms with Gasteiger partial charge < -0.3 is 4.42 Å². The Kier molecular flexibility index (Phi) is 5.74. The van der Waals surface area contributed by atoms with E-state index in [0.717, 1.165) is 65.8 Å². The number of nitrogens with zero attached hydrogens (tertiary/aromatic N) is 4. The zero-order valence-corrected chi connectivity index (χ0v) is 24.1. The van der Waals surface area contributed by atoms with Gasteiger partial charge in [0.1, 0.15) is 5.58 Å². The van der Waals surface area contributed by atoms with Crippen molar-refractivity contribution in [1.29, 1.82) is 0 Å². The van der Waals surface area contributed by atoms with E-state index in [1.54, 1.807) is 0 Å². The Bertz CT molecular complexity index is 2480. The third-order valence-electron chi connectivity index (χ3n) is 8.32.